The molecule has 3 aliphatic rings. The minimum absolute atomic E-state index is 0.00387. The highest BCUT2D eigenvalue weighted by molar-refractivity contribution is 5.92. The van der Waals surface area contributed by atoms with Crippen molar-refractivity contribution in [1.29, 1.82) is 0 Å². The summed E-state index contributed by atoms with van der Waals surface area (Å²) in [6.45, 7) is 1.81. The summed E-state index contributed by atoms with van der Waals surface area (Å²) in [5.74, 6) is 1.21. The first-order valence-corrected chi connectivity index (χ1v) is 7.87. The fourth-order valence-corrected chi connectivity index (χ4v) is 3.19. The second kappa shape index (κ2) is 5.10. The molecule has 1 aromatic rings. The molecule has 2 saturated carbocycles. The monoisotopic (exact) mass is 291 g/mol. The Morgan fingerprint density at radius 3 is 2.86 bits per heavy atom. The van der Waals surface area contributed by atoms with Crippen LogP contribution in [0.25, 0.3) is 0 Å². The van der Waals surface area contributed by atoms with E-state index in [9.17, 15) is 9.90 Å². The quantitative estimate of drug-likeness (QED) is 0.836. The Bertz CT molecular complexity index is 536. The maximum atomic E-state index is 12.3. The van der Waals surface area contributed by atoms with Gasteiger partial charge in [-0.25, -0.2) is 0 Å². The normalized spacial score (nSPS) is 29.8. The van der Waals surface area contributed by atoms with Gasteiger partial charge < -0.3 is 14.9 Å². The Hall–Kier alpha value is -1.40. The summed E-state index contributed by atoms with van der Waals surface area (Å²) < 4.78 is 5.23. The number of carbonyl (C=O) groups is 1. The van der Waals surface area contributed by atoms with Crippen molar-refractivity contribution in [3.05, 3.63) is 17.5 Å². The number of hydrogen-bond donors (Lipinski definition) is 2. The molecule has 6 heteroatoms. The first-order chi connectivity index (χ1) is 10.2. The van der Waals surface area contributed by atoms with Crippen molar-refractivity contribution in [1.82, 2.24) is 15.4 Å². The summed E-state index contributed by atoms with van der Waals surface area (Å²) in [4.78, 5) is 14.7. The van der Waals surface area contributed by atoms with Crippen molar-refractivity contribution in [2.75, 3.05) is 19.7 Å². The Morgan fingerprint density at radius 1 is 1.38 bits per heavy atom. The lowest BCUT2D eigenvalue weighted by molar-refractivity contribution is 0.0912. The molecule has 0 radical (unpaired) electrons. The van der Waals surface area contributed by atoms with E-state index in [1.54, 1.807) is 6.07 Å². The minimum Gasteiger partial charge on any atom is -0.396 e. The van der Waals surface area contributed by atoms with Gasteiger partial charge in [-0.2, -0.15) is 0 Å². The molecular formula is C15H21N3O3. The van der Waals surface area contributed by atoms with Crippen LogP contribution in [0.5, 0.6) is 0 Å². The molecule has 114 valence electrons. The molecule has 3 fully saturated rings. The topological polar surface area (TPSA) is 78.6 Å². The molecule has 0 unspecified atom stereocenters. The predicted molar refractivity (Wildman–Crippen MR) is 74.9 cm³/mol. The average Bonchev–Trinajstić information content (AvgIpc) is 3.42. The molecule has 6 nitrogen and oxygen atoms in total. The van der Waals surface area contributed by atoms with Crippen molar-refractivity contribution in [3.63, 3.8) is 0 Å². The summed E-state index contributed by atoms with van der Waals surface area (Å²) in [6.07, 6.45) is 4.74. The van der Waals surface area contributed by atoms with Crippen LogP contribution >= 0.6 is 0 Å². The van der Waals surface area contributed by atoms with E-state index in [2.05, 4.69) is 15.4 Å². The van der Waals surface area contributed by atoms with Crippen LogP contribution in [0.3, 0.4) is 0 Å². The van der Waals surface area contributed by atoms with Gasteiger partial charge in [-0.05, 0) is 25.7 Å². The van der Waals surface area contributed by atoms with Gasteiger partial charge in [0.2, 0.25) is 0 Å². The van der Waals surface area contributed by atoms with Gasteiger partial charge in [0.15, 0.2) is 5.69 Å². The third kappa shape index (κ3) is 2.70. The van der Waals surface area contributed by atoms with Gasteiger partial charge in [-0.15, -0.1) is 0 Å². The molecular weight excluding hydrogens is 270 g/mol. The number of aliphatic hydroxyl groups excluding tert-OH is 1. The Kier molecular flexibility index (Phi) is 3.23. The standard InChI is InChI=1S/C15H21N3O3/c19-8-10-6-18(11-3-4-11)7-13(10)16-15(20)12-5-14(21-17-12)9-1-2-9/h5,9-11,13,19H,1-4,6-8H2,(H,16,20)/t10-,13+/m0/s1. The molecule has 0 spiro atoms. The minimum atomic E-state index is -0.188. The van der Waals surface area contributed by atoms with Crippen molar-refractivity contribution in [3.8, 4) is 0 Å². The van der Waals surface area contributed by atoms with E-state index < -0.39 is 0 Å². The van der Waals surface area contributed by atoms with Crippen LogP contribution in [0.4, 0.5) is 0 Å². The van der Waals surface area contributed by atoms with Crippen LogP contribution in [-0.2, 0) is 0 Å². The van der Waals surface area contributed by atoms with E-state index >= 15 is 0 Å². The molecule has 2 heterocycles. The lowest BCUT2D eigenvalue weighted by atomic mass is 10.1. The lowest BCUT2D eigenvalue weighted by Crippen LogP contribution is -2.41. The Labute approximate surface area is 123 Å². The zero-order valence-electron chi connectivity index (χ0n) is 12.0. The molecule has 2 atom stereocenters. The highest BCUT2D eigenvalue weighted by atomic mass is 16.5. The SMILES string of the molecule is O=C(N[C@@H]1CN(C2CC2)C[C@H]1CO)c1cc(C2CC2)on1. The number of carbonyl (C=O) groups excluding carboxylic acids is 1. The first-order valence-electron chi connectivity index (χ1n) is 7.87. The summed E-state index contributed by atoms with van der Waals surface area (Å²) in [5, 5.41) is 16.4. The summed E-state index contributed by atoms with van der Waals surface area (Å²) >= 11 is 0. The van der Waals surface area contributed by atoms with Crippen LogP contribution in [0.15, 0.2) is 10.6 Å². The third-order valence-electron chi connectivity index (χ3n) is 4.82. The molecule has 1 aromatic heterocycles. The second-order valence-corrected chi connectivity index (χ2v) is 6.60. The average molecular weight is 291 g/mol. The van der Waals surface area contributed by atoms with Crippen LogP contribution in [-0.4, -0.2) is 52.9 Å². The van der Waals surface area contributed by atoms with Gasteiger partial charge >= 0.3 is 0 Å². The maximum absolute atomic E-state index is 12.3. The zero-order valence-corrected chi connectivity index (χ0v) is 12.0. The lowest BCUT2D eigenvalue weighted by Gasteiger charge is -2.17. The summed E-state index contributed by atoms with van der Waals surface area (Å²) in [7, 11) is 0. The van der Waals surface area contributed by atoms with E-state index in [0.717, 1.165) is 31.7 Å². The Balaban J connectivity index is 1.40. The second-order valence-electron chi connectivity index (χ2n) is 6.60. The van der Waals surface area contributed by atoms with E-state index in [-0.39, 0.29) is 24.5 Å². The van der Waals surface area contributed by atoms with Crippen molar-refractivity contribution < 1.29 is 14.4 Å². The van der Waals surface area contributed by atoms with Crippen LogP contribution in [0, 0.1) is 5.92 Å². The van der Waals surface area contributed by atoms with Gasteiger partial charge in [0, 0.05) is 49.7 Å². The number of aliphatic hydroxyl groups is 1. The van der Waals surface area contributed by atoms with Gasteiger partial charge in [-0.3, -0.25) is 9.69 Å². The van der Waals surface area contributed by atoms with Gasteiger partial charge in [0.1, 0.15) is 5.76 Å². The van der Waals surface area contributed by atoms with Crippen molar-refractivity contribution >= 4 is 5.91 Å². The van der Waals surface area contributed by atoms with Gasteiger partial charge in [0.25, 0.3) is 5.91 Å². The van der Waals surface area contributed by atoms with E-state index in [1.807, 2.05) is 0 Å². The zero-order chi connectivity index (χ0) is 14.4. The number of rotatable bonds is 5. The predicted octanol–water partition coefficient (Wildman–Crippen LogP) is 0.737. The first kappa shape index (κ1) is 13.3. The number of nitrogens with zero attached hydrogens (tertiary/aromatic N) is 2. The molecule has 1 saturated heterocycles. The third-order valence-corrected chi connectivity index (χ3v) is 4.82. The van der Waals surface area contributed by atoms with Gasteiger partial charge in [-0.1, -0.05) is 5.16 Å². The molecule has 1 aliphatic heterocycles. The molecule has 4 rings (SSSR count). The summed E-state index contributed by atoms with van der Waals surface area (Å²) in [6, 6.07) is 2.42. The molecule has 1 amide bonds. The van der Waals surface area contributed by atoms with E-state index in [0.29, 0.717) is 17.7 Å². The molecule has 21 heavy (non-hydrogen) atoms. The molecule has 2 N–H and O–H groups in total. The number of aromatic nitrogens is 1. The highest BCUT2D eigenvalue weighted by Gasteiger charge is 2.40. The molecule has 0 bridgehead atoms. The van der Waals surface area contributed by atoms with Crippen molar-refractivity contribution in [2.24, 2.45) is 5.92 Å². The fraction of sp³-hybridized carbons (Fsp3) is 0.733. The van der Waals surface area contributed by atoms with E-state index in [1.165, 1.54) is 12.8 Å². The van der Waals surface area contributed by atoms with Crippen molar-refractivity contribution in [2.45, 2.75) is 43.7 Å². The fourth-order valence-electron chi connectivity index (χ4n) is 3.19. The smallest absolute Gasteiger partial charge is 0.273 e. The summed E-state index contributed by atoms with van der Waals surface area (Å²) in [5.41, 5.74) is 0.360. The molecule has 0 aromatic carbocycles. The van der Waals surface area contributed by atoms with Gasteiger partial charge in [0.05, 0.1) is 0 Å². The van der Waals surface area contributed by atoms with Crippen LogP contribution in [0.2, 0.25) is 0 Å². The van der Waals surface area contributed by atoms with Crippen LogP contribution in [0.1, 0.15) is 47.8 Å². The van der Waals surface area contributed by atoms with E-state index in [4.69, 9.17) is 4.52 Å². The van der Waals surface area contributed by atoms with Crippen LogP contribution < -0.4 is 5.32 Å². The number of nitrogens with one attached hydrogen (secondary N) is 1. The maximum Gasteiger partial charge on any atom is 0.273 e. The number of hydrogen-bond acceptors (Lipinski definition) is 5. The largest absolute Gasteiger partial charge is 0.396 e. The molecule has 2 aliphatic carbocycles. The Morgan fingerprint density at radius 2 is 2.19 bits per heavy atom. The number of likely N-dealkylation sites (tertiary alicyclic amines) is 1. The number of amides is 1. The highest BCUT2D eigenvalue weighted by Crippen LogP contribution is 2.40.